The Hall–Kier alpha value is -1.10. The Balaban J connectivity index is 1.50. The molecule has 128 valence electrons. The van der Waals surface area contributed by atoms with Crippen LogP contribution in [0.4, 0.5) is 0 Å². The first-order valence-corrected chi connectivity index (χ1v) is 9.05. The zero-order chi connectivity index (χ0) is 16.1. The average Bonchev–Trinajstić information content (AvgIpc) is 3.05. The molecule has 2 fully saturated rings. The lowest BCUT2D eigenvalue weighted by Crippen LogP contribution is -2.38. The fraction of sp³-hybridized carbons (Fsp3) is 0.684. The highest BCUT2D eigenvalue weighted by Crippen LogP contribution is 2.32. The number of benzene rings is 1. The molecule has 1 aromatic rings. The van der Waals surface area contributed by atoms with Crippen LogP contribution in [0.15, 0.2) is 24.3 Å². The monoisotopic (exact) mass is 318 g/mol. The minimum absolute atomic E-state index is 0.335. The van der Waals surface area contributed by atoms with E-state index in [0.717, 1.165) is 51.0 Å². The van der Waals surface area contributed by atoms with Crippen molar-refractivity contribution in [2.24, 2.45) is 17.8 Å². The van der Waals surface area contributed by atoms with Crippen LogP contribution in [0.5, 0.6) is 5.75 Å². The van der Waals surface area contributed by atoms with E-state index in [9.17, 15) is 5.11 Å². The maximum Gasteiger partial charge on any atom is 0.119 e. The zero-order valence-corrected chi connectivity index (χ0v) is 14.2. The quantitative estimate of drug-likeness (QED) is 0.843. The lowest BCUT2D eigenvalue weighted by molar-refractivity contribution is 0.108. The highest BCUT2D eigenvalue weighted by molar-refractivity contribution is 5.28. The highest BCUT2D eigenvalue weighted by atomic mass is 16.5. The van der Waals surface area contributed by atoms with E-state index in [4.69, 9.17) is 4.74 Å². The SMILES string of the molecule is CCOc1cccc(CN2CCC([C@@H]3CNC[C@H]3CO)CC2)c1. The molecule has 23 heavy (non-hydrogen) atoms. The summed E-state index contributed by atoms with van der Waals surface area (Å²) >= 11 is 0. The summed E-state index contributed by atoms with van der Waals surface area (Å²) in [5.74, 6) is 2.88. The molecule has 2 saturated heterocycles. The summed E-state index contributed by atoms with van der Waals surface area (Å²) in [4.78, 5) is 2.55. The molecule has 0 amide bonds. The van der Waals surface area contributed by atoms with Gasteiger partial charge in [0.05, 0.1) is 6.61 Å². The van der Waals surface area contributed by atoms with Crippen LogP contribution in [0.2, 0.25) is 0 Å². The van der Waals surface area contributed by atoms with Gasteiger partial charge >= 0.3 is 0 Å². The van der Waals surface area contributed by atoms with Crippen LogP contribution in [-0.4, -0.2) is 49.4 Å². The average molecular weight is 318 g/mol. The molecule has 2 heterocycles. The fourth-order valence-corrected chi connectivity index (χ4v) is 4.20. The van der Waals surface area contributed by atoms with Crippen molar-refractivity contribution in [2.45, 2.75) is 26.3 Å². The van der Waals surface area contributed by atoms with Gasteiger partial charge < -0.3 is 15.2 Å². The van der Waals surface area contributed by atoms with Crippen LogP contribution in [0.25, 0.3) is 0 Å². The lowest BCUT2D eigenvalue weighted by Gasteiger charge is -2.36. The fourth-order valence-electron chi connectivity index (χ4n) is 4.20. The van der Waals surface area contributed by atoms with Crippen molar-refractivity contribution in [3.63, 3.8) is 0 Å². The topological polar surface area (TPSA) is 44.7 Å². The van der Waals surface area contributed by atoms with Crippen molar-refractivity contribution in [3.8, 4) is 5.75 Å². The molecule has 0 unspecified atom stereocenters. The molecule has 0 aromatic heterocycles. The largest absolute Gasteiger partial charge is 0.494 e. The molecule has 0 radical (unpaired) electrons. The third-order valence-electron chi connectivity index (χ3n) is 5.48. The van der Waals surface area contributed by atoms with Crippen molar-refractivity contribution in [2.75, 3.05) is 39.4 Å². The number of nitrogens with zero attached hydrogens (tertiary/aromatic N) is 1. The van der Waals surface area contributed by atoms with Crippen LogP contribution in [0.3, 0.4) is 0 Å². The van der Waals surface area contributed by atoms with Crippen LogP contribution in [0.1, 0.15) is 25.3 Å². The van der Waals surface area contributed by atoms with Gasteiger partial charge in [0.15, 0.2) is 0 Å². The number of likely N-dealkylation sites (tertiary alicyclic amines) is 1. The number of ether oxygens (including phenoxy) is 1. The van der Waals surface area contributed by atoms with E-state index in [2.05, 4.69) is 28.4 Å². The van der Waals surface area contributed by atoms with Crippen LogP contribution in [-0.2, 0) is 6.54 Å². The maximum atomic E-state index is 9.52. The first-order valence-electron chi connectivity index (χ1n) is 9.05. The molecule has 2 N–H and O–H groups in total. The first kappa shape index (κ1) is 16.7. The van der Waals surface area contributed by atoms with Crippen molar-refractivity contribution >= 4 is 0 Å². The van der Waals surface area contributed by atoms with Crippen molar-refractivity contribution in [3.05, 3.63) is 29.8 Å². The lowest BCUT2D eigenvalue weighted by atomic mass is 9.79. The number of hydrogen-bond acceptors (Lipinski definition) is 4. The Morgan fingerprint density at radius 3 is 2.83 bits per heavy atom. The number of piperidine rings is 1. The molecule has 2 atom stereocenters. The van der Waals surface area contributed by atoms with Crippen LogP contribution >= 0.6 is 0 Å². The van der Waals surface area contributed by atoms with E-state index in [0.29, 0.717) is 18.4 Å². The third kappa shape index (κ3) is 4.25. The predicted molar refractivity (Wildman–Crippen MR) is 92.5 cm³/mol. The Kier molecular flexibility index (Phi) is 5.92. The second-order valence-electron chi connectivity index (χ2n) is 6.96. The highest BCUT2D eigenvalue weighted by Gasteiger charge is 2.34. The van der Waals surface area contributed by atoms with Gasteiger partial charge in [0.25, 0.3) is 0 Å². The summed E-state index contributed by atoms with van der Waals surface area (Å²) < 4.78 is 5.60. The van der Waals surface area contributed by atoms with Gasteiger partial charge in [-0.2, -0.15) is 0 Å². The minimum Gasteiger partial charge on any atom is -0.494 e. The Morgan fingerprint density at radius 2 is 2.09 bits per heavy atom. The summed E-state index contributed by atoms with van der Waals surface area (Å²) in [6.07, 6.45) is 2.52. The van der Waals surface area contributed by atoms with E-state index in [1.165, 1.54) is 18.4 Å². The van der Waals surface area contributed by atoms with Crippen molar-refractivity contribution in [1.82, 2.24) is 10.2 Å². The van der Waals surface area contributed by atoms with Gasteiger partial charge in [0, 0.05) is 19.7 Å². The van der Waals surface area contributed by atoms with Gasteiger partial charge in [-0.1, -0.05) is 12.1 Å². The molecule has 0 spiro atoms. The smallest absolute Gasteiger partial charge is 0.119 e. The predicted octanol–water partition coefficient (Wildman–Crippen LogP) is 2.13. The van der Waals surface area contributed by atoms with Gasteiger partial charge in [0.2, 0.25) is 0 Å². The molecule has 2 aliphatic heterocycles. The normalized spacial score (nSPS) is 26.5. The molecule has 3 rings (SSSR count). The number of aliphatic hydroxyl groups excluding tert-OH is 1. The Labute approximate surface area is 139 Å². The van der Waals surface area contributed by atoms with Crippen molar-refractivity contribution < 1.29 is 9.84 Å². The minimum atomic E-state index is 0.335. The van der Waals surface area contributed by atoms with E-state index in [1.807, 2.05) is 13.0 Å². The van der Waals surface area contributed by atoms with Gasteiger partial charge in [-0.15, -0.1) is 0 Å². The molecule has 2 aliphatic rings. The second-order valence-corrected chi connectivity index (χ2v) is 6.96. The standard InChI is InChI=1S/C19H30N2O2/c1-2-23-18-5-3-4-15(10-18)13-21-8-6-16(7-9-21)19-12-20-11-17(19)14-22/h3-5,10,16-17,19-20,22H,2,6-9,11-14H2,1H3/t17-,19-/m0/s1. The Morgan fingerprint density at radius 1 is 1.26 bits per heavy atom. The molecular formula is C19H30N2O2. The Bertz CT molecular complexity index is 486. The van der Waals surface area contributed by atoms with Crippen LogP contribution in [0, 0.1) is 17.8 Å². The van der Waals surface area contributed by atoms with E-state index < -0.39 is 0 Å². The van der Waals surface area contributed by atoms with Gasteiger partial charge in [-0.05, 0) is 74.8 Å². The van der Waals surface area contributed by atoms with Gasteiger partial charge in [0.1, 0.15) is 5.75 Å². The summed E-state index contributed by atoms with van der Waals surface area (Å²) in [5, 5.41) is 13.0. The third-order valence-corrected chi connectivity index (χ3v) is 5.48. The zero-order valence-electron chi connectivity index (χ0n) is 14.2. The molecule has 4 nitrogen and oxygen atoms in total. The molecule has 0 saturated carbocycles. The summed E-state index contributed by atoms with van der Waals surface area (Å²) in [7, 11) is 0. The summed E-state index contributed by atoms with van der Waals surface area (Å²) in [6, 6.07) is 8.47. The number of nitrogens with one attached hydrogen (secondary N) is 1. The molecule has 1 aromatic carbocycles. The number of hydrogen-bond donors (Lipinski definition) is 2. The van der Waals surface area contributed by atoms with Gasteiger partial charge in [-0.25, -0.2) is 0 Å². The van der Waals surface area contributed by atoms with E-state index in [1.54, 1.807) is 0 Å². The van der Waals surface area contributed by atoms with Crippen LogP contribution < -0.4 is 10.1 Å². The summed E-state index contributed by atoms with van der Waals surface area (Å²) in [5.41, 5.74) is 1.34. The number of rotatable bonds is 6. The van der Waals surface area contributed by atoms with E-state index in [-0.39, 0.29) is 0 Å². The van der Waals surface area contributed by atoms with Crippen molar-refractivity contribution in [1.29, 1.82) is 0 Å². The molecular weight excluding hydrogens is 288 g/mol. The maximum absolute atomic E-state index is 9.52. The summed E-state index contributed by atoms with van der Waals surface area (Å²) in [6.45, 7) is 8.50. The molecule has 4 heteroatoms. The molecule has 0 aliphatic carbocycles. The molecule has 0 bridgehead atoms. The number of aliphatic hydroxyl groups is 1. The van der Waals surface area contributed by atoms with Gasteiger partial charge in [-0.3, -0.25) is 4.90 Å². The first-order chi connectivity index (χ1) is 11.3. The second kappa shape index (κ2) is 8.13. The van der Waals surface area contributed by atoms with E-state index >= 15 is 0 Å².